The molecule has 0 aliphatic carbocycles. The van der Waals surface area contributed by atoms with Crippen molar-refractivity contribution >= 4 is 19.7 Å². The molecule has 2 atom stereocenters. The number of esters is 1. The fourth-order valence-electron chi connectivity index (χ4n) is 5.93. The highest BCUT2D eigenvalue weighted by atomic mass is 31.2. The first kappa shape index (κ1) is 52.2. The van der Waals surface area contributed by atoms with Crippen LogP contribution in [0.3, 0.4) is 0 Å². The van der Waals surface area contributed by atoms with Gasteiger partial charge in [-0.05, 0) is 70.6 Å². The van der Waals surface area contributed by atoms with E-state index in [2.05, 4.69) is 55.6 Å². The molecule has 316 valence electrons. The van der Waals surface area contributed by atoms with E-state index >= 15 is 0 Å². The van der Waals surface area contributed by atoms with Crippen LogP contribution in [-0.2, 0) is 27.9 Å². The van der Waals surface area contributed by atoms with Crippen LogP contribution in [0.2, 0.25) is 0 Å². The van der Waals surface area contributed by atoms with Crippen molar-refractivity contribution in [3.63, 3.8) is 0 Å². The lowest BCUT2D eigenvalue weighted by Gasteiger charge is -2.15. The quantitative estimate of drug-likeness (QED) is 0.0242. The van der Waals surface area contributed by atoms with E-state index in [0.29, 0.717) is 6.42 Å². The Balaban J connectivity index is 3.57. The van der Waals surface area contributed by atoms with E-state index in [4.69, 9.17) is 13.8 Å². The second-order valence-electron chi connectivity index (χ2n) is 14.7. The second kappa shape index (κ2) is 40.9. The third kappa shape index (κ3) is 41.4. The molecule has 0 bridgehead atoms. The van der Waals surface area contributed by atoms with Crippen molar-refractivity contribution in [3.8, 4) is 0 Å². The van der Waals surface area contributed by atoms with Crippen molar-refractivity contribution in [2.24, 2.45) is 0 Å². The van der Waals surface area contributed by atoms with E-state index in [1.807, 2.05) is 0 Å². The number of nitrogens with one attached hydrogen (secondary N) is 1. The van der Waals surface area contributed by atoms with Crippen molar-refractivity contribution in [3.05, 3.63) is 36.5 Å². The number of ether oxygens (including phenoxy) is 1. The van der Waals surface area contributed by atoms with Crippen molar-refractivity contribution in [2.45, 2.75) is 206 Å². The lowest BCUT2D eigenvalue weighted by Crippen LogP contribution is -2.27. The zero-order valence-corrected chi connectivity index (χ0v) is 35.6. The molecule has 0 heterocycles. The van der Waals surface area contributed by atoms with Crippen LogP contribution < -0.4 is 5.32 Å². The Labute approximate surface area is 331 Å². The van der Waals surface area contributed by atoms with E-state index in [1.165, 1.54) is 109 Å². The van der Waals surface area contributed by atoms with E-state index in [0.717, 1.165) is 64.2 Å². The number of carbonyl (C=O) groups is 2. The molecule has 3 N–H and O–H groups in total. The highest BCUT2D eigenvalue weighted by molar-refractivity contribution is 7.47. The maximum Gasteiger partial charge on any atom is 0.472 e. The SMILES string of the molecule is CCCCC/C=C\C/C=C\CCCCCCCCCCCCCC(=O)NCCOP(=O)(O)OCC(O)COC(=O)CCCCCCC/C=C\CCCCC. The van der Waals surface area contributed by atoms with Crippen LogP contribution in [0, 0.1) is 0 Å². The molecule has 10 heteroatoms. The summed E-state index contributed by atoms with van der Waals surface area (Å²) in [6.45, 7) is 3.50. The molecule has 54 heavy (non-hydrogen) atoms. The molecule has 0 rings (SSSR count). The topological polar surface area (TPSA) is 131 Å². The summed E-state index contributed by atoms with van der Waals surface area (Å²) >= 11 is 0. The zero-order valence-electron chi connectivity index (χ0n) is 34.7. The molecule has 0 fully saturated rings. The number of carbonyl (C=O) groups excluding carboxylic acids is 2. The lowest BCUT2D eigenvalue weighted by atomic mass is 10.0. The Morgan fingerprint density at radius 1 is 0.574 bits per heavy atom. The monoisotopic (exact) mass is 784 g/mol. The van der Waals surface area contributed by atoms with Gasteiger partial charge in [-0.3, -0.25) is 18.6 Å². The molecule has 0 saturated heterocycles. The minimum Gasteiger partial charge on any atom is -0.463 e. The number of hydrogen-bond acceptors (Lipinski definition) is 7. The average molecular weight is 784 g/mol. The van der Waals surface area contributed by atoms with Crippen molar-refractivity contribution < 1.29 is 37.9 Å². The van der Waals surface area contributed by atoms with Crippen LogP contribution in [-0.4, -0.2) is 54.3 Å². The molecule has 0 aromatic carbocycles. The van der Waals surface area contributed by atoms with E-state index in [1.54, 1.807) is 0 Å². The number of phosphoric acid groups is 1. The molecular formula is C44H82NO8P. The van der Waals surface area contributed by atoms with E-state index in [9.17, 15) is 24.2 Å². The van der Waals surface area contributed by atoms with Gasteiger partial charge >= 0.3 is 13.8 Å². The second-order valence-corrected chi connectivity index (χ2v) is 16.1. The standard InChI is InChI=1S/C44H82NO8P/c1-3-5-7-9-11-13-15-17-18-19-20-21-22-23-24-25-26-28-30-32-34-36-43(47)45-38-39-52-54(49,50)53-41-42(46)40-51-44(48)37-35-33-31-29-27-16-14-12-10-8-6-4-2/h11-14,17-18,42,46H,3-10,15-16,19-41H2,1-2H3,(H,45,47)(H,49,50)/b13-11-,14-12-,18-17-. The number of rotatable bonds is 41. The van der Waals surface area contributed by atoms with Crippen LogP contribution in [0.4, 0.5) is 0 Å². The summed E-state index contributed by atoms with van der Waals surface area (Å²) < 4.78 is 26.8. The molecule has 0 aliphatic heterocycles. The van der Waals surface area contributed by atoms with Gasteiger partial charge in [-0.25, -0.2) is 4.57 Å². The fraction of sp³-hybridized carbons (Fsp3) is 0.818. The number of aliphatic hydroxyl groups excluding tert-OH is 1. The van der Waals surface area contributed by atoms with Gasteiger partial charge in [-0.1, -0.05) is 153 Å². The summed E-state index contributed by atoms with van der Waals surface area (Å²) in [6, 6.07) is 0. The molecule has 0 aromatic rings. The van der Waals surface area contributed by atoms with Gasteiger partial charge in [0.2, 0.25) is 5.91 Å². The summed E-state index contributed by atoms with van der Waals surface area (Å²) in [5.41, 5.74) is 0. The van der Waals surface area contributed by atoms with Gasteiger partial charge in [0.1, 0.15) is 12.7 Å². The molecular weight excluding hydrogens is 701 g/mol. The first-order chi connectivity index (χ1) is 26.3. The normalized spacial score (nSPS) is 13.6. The molecule has 1 amide bonds. The van der Waals surface area contributed by atoms with Gasteiger partial charge in [0.05, 0.1) is 13.2 Å². The molecule has 0 spiro atoms. The van der Waals surface area contributed by atoms with E-state index in [-0.39, 0.29) is 32.1 Å². The predicted molar refractivity (Wildman–Crippen MR) is 224 cm³/mol. The summed E-state index contributed by atoms with van der Waals surface area (Å²) in [5.74, 6) is -0.526. The number of unbranched alkanes of at least 4 members (excludes halogenated alkanes) is 22. The van der Waals surface area contributed by atoms with Crippen LogP contribution in [0.5, 0.6) is 0 Å². The van der Waals surface area contributed by atoms with Crippen LogP contribution >= 0.6 is 7.82 Å². The predicted octanol–water partition coefficient (Wildman–Crippen LogP) is 12.2. The molecule has 0 saturated carbocycles. The maximum atomic E-state index is 12.1. The largest absolute Gasteiger partial charge is 0.472 e. The van der Waals surface area contributed by atoms with Crippen LogP contribution in [0.15, 0.2) is 36.5 Å². The van der Waals surface area contributed by atoms with Gasteiger partial charge < -0.3 is 20.1 Å². The smallest absolute Gasteiger partial charge is 0.463 e. The molecule has 0 aromatic heterocycles. The zero-order chi connectivity index (χ0) is 39.6. The molecule has 2 unspecified atom stereocenters. The number of aliphatic hydroxyl groups is 1. The Hall–Kier alpha value is -1.77. The Morgan fingerprint density at radius 2 is 1.00 bits per heavy atom. The number of amides is 1. The summed E-state index contributed by atoms with van der Waals surface area (Å²) in [5, 5.41) is 12.7. The lowest BCUT2D eigenvalue weighted by molar-refractivity contribution is -0.147. The summed E-state index contributed by atoms with van der Waals surface area (Å²) in [7, 11) is -4.42. The Morgan fingerprint density at radius 3 is 1.50 bits per heavy atom. The highest BCUT2D eigenvalue weighted by Gasteiger charge is 2.23. The minimum atomic E-state index is -4.42. The highest BCUT2D eigenvalue weighted by Crippen LogP contribution is 2.42. The number of phosphoric ester groups is 1. The van der Waals surface area contributed by atoms with Crippen molar-refractivity contribution in [1.29, 1.82) is 0 Å². The molecule has 0 aliphatic rings. The number of hydrogen-bond donors (Lipinski definition) is 3. The van der Waals surface area contributed by atoms with Crippen molar-refractivity contribution in [1.82, 2.24) is 5.32 Å². The van der Waals surface area contributed by atoms with Gasteiger partial charge in [0.15, 0.2) is 0 Å². The molecule has 0 radical (unpaired) electrons. The fourth-order valence-corrected chi connectivity index (χ4v) is 6.69. The third-order valence-corrected chi connectivity index (χ3v) is 10.3. The van der Waals surface area contributed by atoms with Crippen LogP contribution in [0.1, 0.15) is 200 Å². The summed E-state index contributed by atoms with van der Waals surface area (Å²) in [6.07, 6.45) is 45.0. The third-order valence-electron chi connectivity index (χ3n) is 9.29. The average Bonchev–Trinajstić information content (AvgIpc) is 3.16. The van der Waals surface area contributed by atoms with Gasteiger partial charge in [-0.15, -0.1) is 0 Å². The van der Waals surface area contributed by atoms with Gasteiger partial charge in [-0.2, -0.15) is 0 Å². The molecule has 9 nitrogen and oxygen atoms in total. The van der Waals surface area contributed by atoms with Gasteiger partial charge in [0.25, 0.3) is 0 Å². The number of allylic oxidation sites excluding steroid dienone is 6. The first-order valence-corrected chi connectivity index (χ1v) is 23.5. The maximum absolute atomic E-state index is 12.1. The first-order valence-electron chi connectivity index (χ1n) is 22.0. The Bertz CT molecular complexity index is 986. The van der Waals surface area contributed by atoms with Crippen molar-refractivity contribution in [2.75, 3.05) is 26.4 Å². The summed E-state index contributed by atoms with van der Waals surface area (Å²) in [4.78, 5) is 33.9. The van der Waals surface area contributed by atoms with Crippen LogP contribution in [0.25, 0.3) is 0 Å². The van der Waals surface area contributed by atoms with E-state index < -0.39 is 26.5 Å². The Kier molecular flexibility index (Phi) is 39.5. The van der Waals surface area contributed by atoms with Gasteiger partial charge in [0, 0.05) is 19.4 Å². The minimum absolute atomic E-state index is 0.0800.